The second-order valence-electron chi connectivity index (χ2n) is 7.08. The van der Waals surface area contributed by atoms with E-state index in [0.717, 1.165) is 24.0 Å². The molecular formula is C20H21N3O3. The lowest BCUT2D eigenvalue weighted by Crippen LogP contribution is -2.31. The van der Waals surface area contributed by atoms with Crippen molar-refractivity contribution >= 4 is 5.91 Å². The Bertz CT molecular complexity index is 923. The van der Waals surface area contributed by atoms with Crippen LogP contribution in [0.4, 0.5) is 0 Å². The van der Waals surface area contributed by atoms with Crippen molar-refractivity contribution in [2.75, 3.05) is 6.54 Å². The minimum Gasteiger partial charge on any atom is -0.502 e. The van der Waals surface area contributed by atoms with Gasteiger partial charge in [0.1, 0.15) is 0 Å². The third kappa shape index (κ3) is 3.08. The third-order valence-electron chi connectivity index (χ3n) is 4.98. The molecule has 0 unspecified atom stereocenters. The number of aromatic nitrogens is 1. The predicted octanol–water partition coefficient (Wildman–Crippen LogP) is 2.86. The van der Waals surface area contributed by atoms with Crippen molar-refractivity contribution in [1.29, 1.82) is 5.26 Å². The van der Waals surface area contributed by atoms with Crippen LogP contribution in [-0.2, 0) is 5.41 Å². The fraction of sp³-hybridized carbons (Fsp3) is 0.350. The molecule has 1 aliphatic heterocycles. The number of rotatable bonds is 3. The highest BCUT2D eigenvalue weighted by atomic mass is 16.3. The maximum absolute atomic E-state index is 12.8. The third-order valence-corrected chi connectivity index (χ3v) is 4.98. The van der Waals surface area contributed by atoms with E-state index in [1.165, 1.54) is 12.3 Å². The number of carbonyl (C=O) groups is 1. The molecule has 1 aromatic carbocycles. The number of nitrogens with one attached hydrogen (secondary N) is 1. The van der Waals surface area contributed by atoms with Gasteiger partial charge in [-0.3, -0.25) is 9.59 Å². The highest BCUT2D eigenvalue weighted by molar-refractivity contribution is 5.97. The van der Waals surface area contributed by atoms with Gasteiger partial charge in [0.05, 0.1) is 23.1 Å². The Labute approximate surface area is 151 Å². The van der Waals surface area contributed by atoms with E-state index in [1.807, 2.05) is 38.1 Å². The van der Waals surface area contributed by atoms with Crippen LogP contribution in [-0.4, -0.2) is 27.4 Å². The number of likely N-dealkylation sites (tertiary alicyclic amines) is 1. The summed E-state index contributed by atoms with van der Waals surface area (Å²) in [5.41, 5.74) is 0.683. The molecule has 0 bridgehead atoms. The van der Waals surface area contributed by atoms with Crippen LogP contribution in [0, 0.1) is 11.3 Å². The van der Waals surface area contributed by atoms with Crippen LogP contribution >= 0.6 is 0 Å². The monoisotopic (exact) mass is 351 g/mol. The fourth-order valence-corrected chi connectivity index (χ4v) is 3.34. The van der Waals surface area contributed by atoms with Gasteiger partial charge in [-0.05, 0) is 43.9 Å². The second-order valence-corrected chi connectivity index (χ2v) is 7.08. The summed E-state index contributed by atoms with van der Waals surface area (Å²) in [6.07, 6.45) is 3.03. The quantitative estimate of drug-likeness (QED) is 0.888. The van der Waals surface area contributed by atoms with Crippen LogP contribution < -0.4 is 5.56 Å². The molecule has 3 rings (SSSR count). The largest absolute Gasteiger partial charge is 0.502 e. The zero-order valence-electron chi connectivity index (χ0n) is 14.8. The molecule has 0 aliphatic carbocycles. The van der Waals surface area contributed by atoms with Gasteiger partial charge in [-0.25, -0.2) is 0 Å². The lowest BCUT2D eigenvalue weighted by atomic mass is 9.85. The van der Waals surface area contributed by atoms with Gasteiger partial charge in [0.15, 0.2) is 5.75 Å². The summed E-state index contributed by atoms with van der Waals surface area (Å²) in [7, 11) is 0. The van der Waals surface area contributed by atoms with Gasteiger partial charge in [-0.15, -0.1) is 0 Å². The Morgan fingerprint density at radius 2 is 2.00 bits per heavy atom. The number of aromatic amines is 1. The number of amides is 1. The number of nitrogens with zero attached hydrogens (tertiary/aromatic N) is 2. The first kappa shape index (κ1) is 17.7. The molecule has 1 amide bonds. The summed E-state index contributed by atoms with van der Waals surface area (Å²) in [5, 5.41) is 19.2. The van der Waals surface area contributed by atoms with Crippen molar-refractivity contribution in [1.82, 2.24) is 9.88 Å². The molecule has 0 spiro atoms. The van der Waals surface area contributed by atoms with Crippen molar-refractivity contribution in [3.63, 3.8) is 0 Å². The molecule has 6 heteroatoms. The Morgan fingerprint density at radius 3 is 2.65 bits per heavy atom. The van der Waals surface area contributed by atoms with Gasteiger partial charge in [0.2, 0.25) is 0 Å². The molecule has 0 saturated carbocycles. The van der Waals surface area contributed by atoms with E-state index in [4.69, 9.17) is 0 Å². The summed E-state index contributed by atoms with van der Waals surface area (Å²) < 4.78 is 0. The number of aromatic hydroxyl groups is 1. The number of nitriles is 1. The van der Waals surface area contributed by atoms with Gasteiger partial charge < -0.3 is 15.0 Å². The maximum Gasteiger partial charge on any atom is 0.290 e. The number of pyridine rings is 1. The second kappa shape index (κ2) is 6.68. The van der Waals surface area contributed by atoms with Gasteiger partial charge >= 0.3 is 0 Å². The minimum absolute atomic E-state index is 0.0166. The Kier molecular flexibility index (Phi) is 4.56. The molecule has 6 nitrogen and oxygen atoms in total. The van der Waals surface area contributed by atoms with Crippen molar-refractivity contribution < 1.29 is 9.90 Å². The number of benzene rings is 1. The zero-order chi connectivity index (χ0) is 18.9. The molecular weight excluding hydrogens is 330 g/mol. The van der Waals surface area contributed by atoms with Gasteiger partial charge in [0.25, 0.3) is 11.5 Å². The number of carbonyl (C=O) groups excluding carboxylic acids is 1. The van der Waals surface area contributed by atoms with E-state index in [0.29, 0.717) is 6.54 Å². The Balaban J connectivity index is 1.89. The zero-order valence-corrected chi connectivity index (χ0v) is 14.8. The number of hydrogen-bond acceptors (Lipinski definition) is 4. The normalized spacial score (nSPS) is 17.1. The molecule has 1 saturated heterocycles. The minimum atomic E-state index is -0.672. The molecule has 2 N–H and O–H groups in total. The molecule has 1 atom stereocenters. The molecule has 134 valence electrons. The summed E-state index contributed by atoms with van der Waals surface area (Å²) in [6, 6.07) is 11.3. The van der Waals surface area contributed by atoms with Crippen LogP contribution in [0.5, 0.6) is 5.75 Å². The summed E-state index contributed by atoms with van der Waals surface area (Å²) in [6.45, 7) is 4.30. The van der Waals surface area contributed by atoms with Crippen LogP contribution in [0.2, 0.25) is 0 Å². The van der Waals surface area contributed by atoms with E-state index in [9.17, 15) is 20.0 Å². The van der Waals surface area contributed by atoms with E-state index in [2.05, 4.69) is 11.1 Å². The Hall–Kier alpha value is -3.07. The number of hydrogen-bond donors (Lipinski definition) is 2. The van der Waals surface area contributed by atoms with Gasteiger partial charge in [-0.2, -0.15) is 5.26 Å². The molecule has 2 aromatic rings. The first-order chi connectivity index (χ1) is 12.3. The van der Waals surface area contributed by atoms with Crippen LogP contribution in [0.1, 0.15) is 54.2 Å². The van der Waals surface area contributed by atoms with E-state index >= 15 is 0 Å². The van der Waals surface area contributed by atoms with Crippen molar-refractivity contribution in [3.8, 4) is 11.8 Å². The predicted molar refractivity (Wildman–Crippen MR) is 96.8 cm³/mol. The van der Waals surface area contributed by atoms with Crippen molar-refractivity contribution in [2.24, 2.45) is 0 Å². The van der Waals surface area contributed by atoms with Gasteiger partial charge in [0, 0.05) is 12.7 Å². The standard InChI is InChI=1S/C20H21N3O3/c1-20(2,12-21)14-7-5-13(6-8-14)16-4-3-11-23(16)19(26)15-9-10-22-18(25)17(15)24/h5-10,16,24H,3-4,11H2,1-2H3,(H,22,25)/t16-/m1/s1. The highest BCUT2D eigenvalue weighted by Crippen LogP contribution is 2.35. The molecule has 1 aliphatic rings. The fourth-order valence-electron chi connectivity index (χ4n) is 3.34. The summed E-state index contributed by atoms with van der Waals surface area (Å²) in [5.74, 6) is -0.896. The average molecular weight is 351 g/mol. The molecule has 0 radical (unpaired) electrons. The van der Waals surface area contributed by atoms with Crippen LogP contribution in [0.25, 0.3) is 0 Å². The van der Waals surface area contributed by atoms with Crippen LogP contribution in [0.3, 0.4) is 0 Å². The maximum atomic E-state index is 12.8. The molecule has 26 heavy (non-hydrogen) atoms. The van der Waals surface area contributed by atoms with Crippen molar-refractivity contribution in [3.05, 3.63) is 63.6 Å². The van der Waals surface area contributed by atoms with E-state index in [1.54, 1.807) is 4.90 Å². The average Bonchev–Trinajstić information content (AvgIpc) is 3.13. The molecule has 1 aromatic heterocycles. The lowest BCUT2D eigenvalue weighted by Gasteiger charge is -2.26. The molecule has 1 fully saturated rings. The van der Waals surface area contributed by atoms with E-state index < -0.39 is 16.7 Å². The van der Waals surface area contributed by atoms with Crippen LogP contribution in [0.15, 0.2) is 41.3 Å². The summed E-state index contributed by atoms with van der Waals surface area (Å²) >= 11 is 0. The highest BCUT2D eigenvalue weighted by Gasteiger charge is 2.32. The first-order valence-corrected chi connectivity index (χ1v) is 8.58. The first-order valence-electron chi connectivity index (χ1n) is 8.58. The smallest absolute Gasteiger partial charge is 0.290 e. The molecule has 2 heterocycles. The van der Waals surface area contributed by atoms with Gasteiger partial charge in [-0.1, -0.05) is 24.3 Å². The Morgan fingerprint density at radius 1 is 1.31 bits per heavy atom. The lowest BCUT2D eigenvalue weighted by molar-refractivity contribution is 0.0732. The van der Waals surface area contributed by atoms with Crippen molar-refractivity contribution in [2.45, 2.75) is 38.1 Å². The number of H-pyrrole nitrogens is 1. The topological polar surface area (TPSA) is 97.2 Å². The van der Waals surface area contributed by atoms with E-state index in [-0.39, 0.29) is 17.5 Å². The SMILES string of the molecule is CC(C)(C#N)c1ccc([C@H]2CCCN2C(=O)c2cc[nH]c(=O)c2O)cc1. The summed E-state index contributed by atoms with van der Waals surface area (Å²) in [4.78, 5) is 28.5.